The van der Waals surface area contributed by atoms with Gasteiger partial charge in [-0.05, 0) is 75.7 Å². The highest BCUT2D eigenvalue weighted by atomic mass is 16.3. The minimum Gasteiger partial charge on any atom is -0.455 e. The van der Waals surface area contributed by atoms with Crippen molar-refractivity contribution in [2.75, 3.05) is 0 Å². The summed E-state index contributed by atoms with van der Waals surface area (Å²) in [7, 11) is 0. The van der Waals surface area contributed by atoms with E-state index < -0.39 is 0 Å². The number of hydrogen-bond acceptors (Lipinski definition) is 2. The van der Waals surface area contributed by atoms with Crippen LogP contribution in [0, 0.1) is 12.3 Å². The van der Waals surface area contributed by atoms with Gasteiger partial charge in [-0.2, -0.15) is 0 Å². The lowest BCUT2D eigenvalue weighted by atomic mass is 9.86. The predicted molar refractivity (Wildman–Crippen MR) is 140 cm³/mol. The third-order valence-corrected chi connectivity index (χ3v) is 6.57. The predicted octanol–water partition coefficient (Wildman–Crippen LogP) is 8.85. The Balaban J connectivity index is 1.60. The summed E-state index contributed by atoms with van der Waals surface area (Å²) < 4.78 is 6.49. The lowest BCUT2D eigenvalue weighted by Crippen LogP contribution is -2.10. The molecular weight excluding hydrogens is 402 g/mol. The van der Waals surface area contributed by atoms with Crippen LogP contribution in [0.15, 0.2) is 83.4 Å². The second-order valence-electron chi connectivity index (χ2n) is 10.4. The van der Waals surface area contributed by atoms with E-state index in [0.29, 0.717) is 0 Å². The third kappa shape index (κ3) is 3.38. The van der Waals surface area contributed by atoms with Gasteiger partial charge in [-0.25, -0.2) is 0 Å². The summed E-state index contributed by atoms with van der Waals surface area (Å²) in [5.41, 5.74) is 6.65. The molecule has 0 aliphatic heterocycles. The monoisotopic (exact) mass is 429 g/mol. The summed E-state index contributed by atoms with van der Waals surface area (Å²) in [6.07, 6.45) is 3.02. The highest BCUT2D eigenvalue weighted by molar-refractivity contribution is 6.17. The molecule has 6 aromatic rings. The van der Waals surface area contributed by atoms with Crippen LogP contribution in [0.2, 0.25) is 0 Å². The van der Waals surface area contributed by atoms with Gasteiger partial charge in [0.2, 0.25) is 0 Å². The summed E-state index contributed by atoms with van der Waals surface area (Å²) in [4.78, 5) is 4.80. The molecule has 0 fully saturated rings. The first kappa shape index (κ1) is 20.0. The largest absolute Gasteiger partial charge is 0.455 e. The number of benzene rings is 4. The van der Waals surface area contributed by atoms with Crippen molar-refractivity contribution in [1.29, 1.82) is 0 Å². The van der Waals surface area contributed by atoms with Crippen LogP contribution < -0.4 is 0 Å². The Morgan fingerprint density at radius 1 is 0.758 bits per heavy atom. The van der Waals surface area contributed by atoms with Crippen LogP contribution in [-0.2, 0) is 6.42 Å². The standard InChI is InChI=1S/C31H27NO/c1-19-18-32-28(14-22(19)17-31(2,3)4)25-11-7-10-24-27-16-26-21(15-29(27)33-30(24)25)13-12-20-8-5-6-9-23(20)26/h5-16,18H,17H2,1-4H3. The van der Waals surface area contributed by atoms with E-state index in [0.717, 1.165) is 39.6 Å². The molecular formula is C31H27NO. The molecule has 0 unspecified atom stereocenters. The molecule has 4 aromatic carbocycles. The van der Waals surface area contributed by atoms with Crippen molar-refractivity contribution in [3.8, 4) is 11.3 Å². The SMILES string of the molecule is Cc1cnc(-c2cccc3c2oc2cc4ccc5ccccc5c4cc23)cc1CC(C)(C)C. The van der Waals surface area contributed by atoms with Crippen LogP contribution in [0.1, 0.15) is 31.9 Å². The molecule has 2 heteroatoms. The van der Waals surface area contributed by atoms with Crippen molar-refractivity contribution in [3.05, 3.63) is 90.1 Å². The Labute approximate surface area is 193 Å². The van der Waals surface area contributed by atoms with Gasteiger partial charge in [-0.1, -0.05) is 69.3 Å². The molecule has 0 bridgehead atoms. The van der Waals surface area contributed by atoms with Gasteiger partial charge >= 0.3 is 0 Å². The zero-order valence-electron chi connectivity index (χ0n) is 19.6. The topological polar surface area (TPSA) is 26.0 Å². The number of furan rings is 1. The number of hydrogen-bond donors (Lipinski definition) is 0. The Morgan fingerprint density at radius 2 is 1.55 bits per heavy atom. The van der Waals surface area contributed by atoms with Crippen molar-refractivity contribution < 1.29 is 4.42 Å². The number of aryl methyl sites for hydroxylation is 1. The van der Waals surface area contributed by atoms with Crippen molar-refractivity contribution in [3.63, 3.8) is 0 Å². The fourth-order valence-electron chi connectivity index (χ4n) is 4.97. The molecule has 0 saturated carbocycles. The number of fused-ring (bicyclic) bond motifs is 6. The number of rotatable bonds is 2. The van der Waals surface area contributed by atoms with Gasteiger partial charge in [0.1, 0.15) is 11.2 Å². The molecule has 0 atom stereocenters. The van der Waals surface area contributed by atoms with Crippen LogP contribution >= 0.6 is 0 Å². The Morgan fingerprint density at radius 3 is 2.39 bits per heavy atom. The quantitative estimate of drug-likeness (QED) is 0.257. The molecule has 0 radical (unpaired) electrons. The van der Waals surface area contributed by atoms with E-state index >= 15 is 0 Å². The van der Waals surface area contributed by atoms with Gasteiger partial charge in [-0.15, -0.1) is 0 Å². The van der Waals surface area contributed by atoms with Gasteiger partial charge in [0.15, 0.2) is 0 Å². The molecule has 2 nitrogen and oxygen atoms in total. The molecule has 6 rings (SSSR count). The summed E-state index contributed by atoms with van der Waals surface area (Å²) >= 11 is 0. The summed E-state index contributed by atoms with van der Waals surface area (Å²) in [5, 5.41) is 7.27. The zero-order valence-corrected chi connectivity index (χ0v) is 19.6. The van der Waals surface area contributed by atoms with Crippen LogP contribution in [0.4, 0.5) is 0 Å². The average Bonchev–Trinajstić information content (AvgIpc) is 3.16. The minimum atomic E-state index is 0.220. The van der Waals surface area contributed by atoms with Crippen molar-refractivity contribution in [1.82, 2.24) is 4.98 Å². The number of para-hydroxylation sites is 1. The maximum Gasteiger partial charge on any atom is 0.144 e. The van der Waals surface area contributed by atoms with Gasteiger partial charge in [0.05, 0.1) is 5.69 Å². The first-order chi connectivity index (χ1) is 15.9. The van der Waals surface area contributed by atoms with Crippen LogP contribution in [0.3, 0.4) is 0 Å². The molecule has 0 aliphatic rings. The maximum absolute atomic E-state index is 6.49. The number of pyridine rings is 1. The second-order valence-corrected chi connectivity index (χ2v) is 10.4. The van der Waals surface area contributed by atoms with Gasteiger partial charge in [0, 0.05) is 22.5 Å². The Hall–Kier alpha value is -3.65. The van der Waals surface area contributed by atoms with E-state index in [4.69, 9.17) is 9.40 Å². The van der Waals surface area contributed by atoms with Crippen molar-refractivity contribution in [2.45, 2.75) is 34.1 Å². The highest BCUT2D eigenvalue weighted by Gasteiger charge is 2.17. The molecule has 0 spiro atoms. The number of nitrogens with zero attached hydrogens (tertiary/aromatic N) is 1. The smallest absolute Gasteiger partial charge is 0.144 e. The maximum atomic E-state index is 6.49. The molecule has 0 amide bonds. The van der Waals surface area contributed by atoms with Crippen LogP contribution in [-0.4, -0.2) is 4.98 Å². The normalized spacial score (nSPS) is 12.4. The van der Waals surface area contributed by atoms with E-state index in [1.807, 2.05) is 6.20 Å². The Kier molecular flexibility index (Phi) is 4.35. The van der Waals surface area contributed by atoms with Crippen molar-refractivity contribution >= 4 is 43.5 Å². The Bertz CT molecular complexity index is 1680. The first-order valence-electron chi connectivity index (χ1n) is 11.6. The van der Waals surface area contributed by atoms with Gasteiger partial charge in [0.25, 0.3) is 0 Å². The van der Waals surface area contributed by atoms with Gasteiger partial charge < -0.3 is 4.42 Å². The third-order valence-electron chi connectivity index (χ3n) is 6.57. The fourth-order valence-corrected chi connectivity index (χ4v) is 4.97. The average molecular weight is 430 g/mol. The van der Waals surface area contributed by atoms with E-state index in [2.05, 4.69) is 100 Å². The lowest BCUT2D eigenvalue weighted by Gasteiger charge is -2.20. The molecule has 2 aromatic heterocycles. The van der Waals surface area contributed by atoms with E-state index in [1.54, 1.807) is 0 Å². The molecule has 162 valence electrons. The minimum absolute atomic E-state index is 0.220. The molecule has 0 N–H and O–H groups in total. The molecule has 33 heavy (non-hydrogen) atoms. The lowest BCUT2D eigenvalue weighted by molar-refractivity contribution is 0.410. The fraction of sp³-hybridized carbons (Fsp3) is 0.194. The van der Waals surface area contributed by atoms with E-state index in [1.165, 1.54) is 32.7 Å². The molecule has 0 saturated heterocycles. The van der Waals surface area contributed by atoms with Crippen molar-refractivity contribution in [2.24, 2.45) is 5.41 Å². The molecule has 0 aliphatic carbocycles. The summed E-state index contributed by atoms with van der Waals surface area (Å²) in [5.74, 6) is 0. The highest BCUT2D eigenvalue weighted by Crippen LogP contribution is 2.39. The van der Waals surface area contributed by atoms with Crippen LogP contribution in [0.5, 0.6) is 0 Å². The zero-order chi connectivity index (χ0) is 22.7. The van der Waals surface area contributed by atoms with Crippen LogP contribution in [0.25, 0.3) is 54.7 Å². The second kappa shape index (κ2) is 7.18. The van der Waals surface area contributed by atoms with E-state index in [-0.39, 0.29) is 5.41 Å². The molecule has 2 heterocycles. The first-order valence-corrected chi connectivity index (χ1v) is 11.6. The number of aromatic nitrogens is 1. The summed E-state index contributed by atoms with van der Waals surface area (Å²) in [6.45, 7) is 8.98. The summed E-state index contributed by atoms with van der Waals surface area (Å²) in [6, 6.07) is 26.0. The van der Waals surface area contributed by atoms with Gasteiger partial charge in [-0.3, -0.25) is 4.98 Å². The van der Waals surface area contributed by atoms with E-state index in [9.17, 15) is 0 Å².